The molecular weight excluding hydrogens is 274 g/mol. The van der Waals surface area contributed by atoms with Crippen LogP contribution in [-0.2, 0) is 9.59 Å². The third-order valence-electron chi connectivity index (χ3n) is 3.82. The quantitative estimate of drug-likeness (QED) is 0.878. The number of phenolic OH excluding ortho intramolecular Hbond substituents is 1. The molecule has 2 atom stereocenters. The maximum Gasteiger partial charge on any atom is 0.308 e. The molecule has 1 aromatic rings. The second-order valence-corrected chi connectivity index (χ2v) is 5.20. The summed E-state index contributed by atoms with van der Waals surface area (Å²) in [6.07, 6.45) is 1.28. The highest BCUT2D eigenvalue weighted by Crippen LogP contribution is 2.24. The van der Waals surface area contributed by atoms with Gasteiger partial charge in [-0.05, 0) is 44.0 Å². The molecule has 0 radical (unpaired) electrons. The summed E-state index contributed by atoms with van der Waals surface area (Å²) < 4.78 is 5.37. The van der Waals surface area contributed by atoms with Gasteiger partial charge in [0.2, 0.25) is 0 Å². The summed E-state index contributed by atoms with van der Waals surface area (Å²) in [5.41, 5.74) is 0. The Morgan fingerprint density at radius 2 is 2.00 bits per heavy atom. The average molecular weight is 293 g/mol. The number of amides is 1. The minimum absolute atomic E-state index is 0.127. The van der Waals surface area contributed by atoms with Crippen molar-refractivity contribution in [3.8, 4) is 11.5 Å². The van der Waals surface area contributed by atoms with E-state index in [0.29, 0.717) is 25.1 Å². The van der Waals surface area contributed by atoms with Crippen LogP contribution < -0.4 is 4.74 Å². The molecule has 2 N–H and O–H groups in total. The van der Waals surface area contributed by atoms with Gasteiger partial charge in [-0.25, -0.2) is 0 Å². The van der Waals surface area contributed by atoms with E-state index in [9.17, 15) is 9.59 Å². The highest BCUT2D eigenvalue weighted by atomic mass is 16.5. The van der Waals surface area contributed by atoms with Crippen molar-refractivity contribution in [3.63, 3.8) is 0 Å². The molecule has 114 valence electrons. The standard InChI is InChI=1S/C15H19NO5/c1-10-13(15(19)20)3-2-8-16(10)14(18)9-21-12-6-4-11(17)5-7-12/h4-7,10,13,17H,2-3,8-9H2,1H3,(H,19,20)/t10-,13-/m1/s1. The molecule has 21 heavy (non-hydrogen) atoms. The van der Waals surface area contributed by atoms with Crippen LogP contribution >= 0.6 is 0 Å². The van der Waals surface area contributed by atoms with Crippen LogP contribution in [0.3, 0.4) is 0 Å². The van der Waals surface area contributed by atoms with Crippen LogP contribution in [0.25, 0.3) is 0 Å². The van der Waals surface area contributed by atoms with E-state index >= 15 is 0 Å². The lowest BCUT2D eigenvalue weighted by molar-refractivity contribution is -0.149. The first-order chi connectivity index (χ1) is 9.99. The van der Waals surface area contributed by atoms with E-state index in [0.717, 1.165) is 0 Å². The number of rotatable bonds is 4. The summed E-state index contributed by atoms with van der Waals surface area (Å²) in [5.74, 6) is -0.986. The van der Waals surface area contributed by atoms with Crippen LogP contribution in [0, 0.1) is 5.92 Å². The molecule has 0 saturated carbocycles. The Labute approximate surface area is 122 Å². The molecule has 1 aliphatic heterocycles. The maximum absolute atomic E-state index is 12.2. The zero-order chi connectivity index (χ0) is 15.4. The Kier molecular flexibility index (Phi) is 4.67. The van der Waals surface area contributed by atoms with Gasteiger partial charge in [0.25, 0.3) is 5.91 Å². The largest absolute Gasteiger partial charge is 0.508 e. The molecular formula is C15H19NO5. The van der Waals surface area contributed by atoms with E-state index in [-0.39, 0.29) is 24.3 Å². The van der Waals surface area contributed by atoms with Crippen molar-refractivity contribution < 1.29 is 24.5 Å². The number of hydrogen-bond donors (Lipinski definition) is 2. The number of hydrogen-bond acceptors (Lipinski definition) is 4. The molecule has 1 aliphatic rings. The molecule has 6 heteroatoms. The smallest absolute Gasteiger partial charge is 0.308 e. The molecule has 2 rings (SSSR count). The summed E-state index contributed by atoms with van der Waals surface area (Å²) in [7, 11) is 0. The van der Waals surface area contributed by atoms with Crippen molar-refractivity contribution in [2.24, 2.45) is 5.92 Å². The van der Waals surface area contributed by atoms with Crippen molar-refractivity contribution in [2.45, 2.75) is 25.8 Å². The molecule has 0 spiro atoms. The van der Waals surface area contributed by atoms with Crippen LogP contribution in [-0.4, -0.2) is 46.2 Å². The Morgan fingerprint density at radius 1 is 1.33 bits per heavy atom. The predicted octanol–water partition coefficient (Wildman–Crippen LogP) is 1.48. The minimum atomic E-state index is -0.862. The van der Waals surface area contributed by atoms with Crippen molar-refractivity contribution in [1.29, 1.82) is 0 Å². The van der Waals surface area contributed by atoms with E-state index in [1.165, 1.54) is 12.1 Å². The number of likely N-dealkylation sites (tertiary alicyclic amines) is 1. The number of piperidine rings is 1. The fourth-order valence-electron chi connectivity index (χ4n) is 2.60. The predicted molar refractivity (Wildman–Crippen MR) is 75.1 cm³/mol. The van der Waals surface area contributed by atoms with Gasteiger partial charge in [0.1, 0.15) is 11.5 Å². The first-order valence-corrected chi connectivity index (χ1v) is 6.93. The molecule has 0 aromatic heterocycles. The molecule has 0 bridgehead atoms. The number of phenols is 1. The topological polar surface area (TPSA) is 87.1 Å². The van der Waals surface area contributed by atoms with Gasteiger partial charge in [-0.1, -0.05) is 0 Å². The summed E-state index contributed by atoms with van der Waals surface area (Å²) in [4.78, 5) is 24.9. The normalized spacial score (nSPS) is 21.9. The average Bonchev–Trinajstić information content (AvgIpc) is 2.46. The van der Waals surface area contributed by atoms with Gasteiger partial charge in [0.15, 0.2) is 6.61 Å². The van der Waals surface area contributed by atoms with Crippen molar-refractivity contribution in [2.75, 3.05) is 13.2 Å². The number of ether oxygens (including phenoxy) is 1. The number of aliphatic carboxylic acids is 1. The number of carbonyl (C=O) groups excluding carboxylic acids is 1. The van der Waals surface area contributed by atoms with E-state index in [1.54, 1.807) is 24.0 Å². The van der Waals surface area contributed by atoms with E-state index in [1.807, 2.05) is 0 Å². The summed E-state index contributed by atoms with van der Waals surface area (Å²) >= 11 is 0. The van der Waals surface area contributed by atoms with Gasteiger partial charge >= 0.3 is 5.97 Å². The fourth-order valence-corrected chi connectivity index (χ4v) is 2.60. The first-order valence-electron chi connectivity index (χ1n) is 6.93. The first kappa shape index (κ1) is 15.2. The van der Waals surface area contributed by atoms with Gasteiger partial charge in [0, 0.05) is 12.6 Å². The zero-order valence-electron chi connectivity index (χ0n) is 11.9. The zero-order valence-corrected chi connectivity index (χ0v) is 11.9. The van der Waals surface area contributed by atoms with Crippen LogP contribution in [0.4, 0.5) is 0 Å². The van der Waals surface area contributed by atoms with Gasteiger partial charge in [-0.3, -0.25) is 9.59 Å². The van der Waals surface area contributed by atoms with Crippen LogP contribution in [0.2, 0.25) is 0 Å². The summed E-state index contributed by atoms with van der Waals surface area (Å²) in [6, 6.07) is 5.77. The lowest BCUT2D eigenvalue weighted by Crippen LogP contribution is -2.50. The van der Waals surface area contributed by atoms with E-state index < -0.39 is 11.9 Å². The Balaban J connectivity index is 1.93. The number of carbonyl (C=O) groups is 2. The summed E-state index contributed by atoms with van der Waals surface area (Å²) in [6.45, 7) is 2.18. The van der Waals surface area contributed by atoms with Crippen LogP contribution in [0.5, 0.6) is 11.5 Å². The van der Waals surface area contributed by atoms with Crippen molar-refractivity contribution in [3.05, 3.63) is 24.3 Å². The van der Waals surface area contributed by atoms with Crippen LogP contribution in [0.15, 0.2) is 24.3 Å². The highest BCUT2D eigenvalue weighted by molar-refractivity contribution is 5.80. The molecule has 1 fully saturated rings. The third-order valence-corrected chi connectivity index (χ3v) is 3.82. The van der Waals surface area contributed by atoms with Gasteiger partial charge in [-0.2, -0.15) is 0 Å². The monoisotopic (exact) mass is 293 g/mol. The minimum Gasteiger partial charge on any atom is -0.508 e. The third kappa shape index (κ3) is 3.65. The lowest BCUT2D eigenvalue weighted by atomic mass is 9.90. The Hall–Kier alpha value is -2.24. The van der Waals surface area contributed by atoms with Gasteiger partial charge in [0.05, 0.1) is 5.92 Å². The SMILES string of the molecule is C[C@@H]1[C@H](C(=O)O)CCCN1C(=O)COc1ccc(O)cc1. The highest BCUT2D eigenvalue weighted by Gasteiger charge is 2.35. The molecule has 1 amide bonds. The molecule has 0 aliphatic carbocycles. The fraction of sp³-hybridized carbons (Fsp3) is 0.467. The molecule has 0 unspecified atom stereocenters. The van der Waals surface area contributed by atoms with Crippen molar-refractivity contribution >= 4 is 11.9 Å². The Bertz CT molecular complexity index is 513. The lowest BCUT2D eigenvalue weighted by Gasteiger charge is -2.37. The number of benzene rings is 1. The van der Waals surface area contributed by atoms with Gasteiger partial charge < -0.3 is 19.8 Å². The Morgan fingerprint density at radius 3 is 2.62 bits per heavy atom. The number of aromatic hydroxyl groups is 1. The number of nitrogens with zero attached hydrogens (tertiary/aromatic N) is 1. The maximum atomic E-state index is 12.2. The molecule has 1 saturated heterocycles. The number of carboxylic acids is 1. The second kappa shape index (κ2) is 6.47. The van der Waals surface area contributed by atoms with Crippen LogP contribution in [0.1, 0.15) is 19.8 Å². The van der Waals surface area contributed by atoms with Gasteiger partial charge in [-0.15, -0.1) is 0 Å². The molecule has 1 aromatic carbocycles. The molecule has 6 nitrogen and oxygen atoms in total. The van der Waals surface area contributed by atoms with E-state index in [2.05, 4.69) is 0 Å². The summed E-state index contributed by atoms with van der Waals surface area (Å²) in [5, 5.41) is 18.3. The second-order valence-electron chi connectivity index (χ2n) is 5.20. The van der Waals surface area contributed by atoms with Crippen molar-refractivity contribution in [1.82, 2.24) is 4.90 Å². The van der Waals surface area contributed by atoms with E-state index in [4.69, 9.17) is 14.9 Å². The number of carboxylic acid groups (broad SMARTS) is 1. The molecule has 1 heterocycles.